The number of hydrogen-bond acceptors (Lipinski definition) is 1. The lowest BCUT2D eigenvalue weighted by molar-refractivity contribution is -0.422. The molecule has 0 saturated heterocycles. The van der Waals surface area contributed by atoms with Gasteiger partial charge in [0.1, 0.15) is 24.5 Å². The summed E-state index contributed by atoms with van der Waals surface area (Å²) in [5.74, 6) is 0. The van der Waals surface area contributed by atoms with E-state index in [-0.39, 0.29) is 12.4 Å². The molecule has 2 nitrogen and oxygen atoms in total. The summed E-state index contributed by atoms with van der Waals surface area (Å²) in [7, 11) is 0. The van der Waals surface area contributed by atoms with Crippen LogP contribution in [-0.2, 0) is 0 Å². The third-order valence-corrected chi connectivity index (χ3v) is 5.01. The summed E-state index contributed by atoms with van der Waals surface area (Å²) in [6, 6.07) is 30.3. The van der Waals surface area contributed by atoms with Gasteiger partial charge in [0.25, 0.3) is 0 Å². The highest BCUT2D eigenvalue weighted by atomic mass is 35.5. The van der Waals surface area contributed by atoms with Gasteiger partial charge >= 0.3 is 0 Å². The van der Waals surface area contributed by atoms with Gasteiger partial charge in [-0.15, -0.1) is 0 Å². The zero-order valence-corrected chi connectivity index (χ0v) is 15.1. The van der Waals surface area contributed by atoms with Gasteiger partial charge in [0.2, 0.25) is 6.34 Å². The second-order valence-corrected chi connectivity index (χ2v) is 6.50. The zero-order valence-electron chi connectivity index (χ0n) is 14.3. The molecule has 0 radical (unpaired) electrons. The molecular weight excluding hydrogens is 340 g/mol. The summed E-state index contributed by atoms with van der Waals surface area (Å²) in [6.07, 6.45) is 2.25. The molecule has 0 amide bonds. The van der Waals surface area contributed by atoms with Crippen LogP contribution in [-0.4, -0.2) is 24.0 Å². The first-order chi connectivity index (χ1) is 12.4. The molecule has 26 heavy (non-hydrogen) atoms. The number of fused-ring (bicyclic) bond motifs is 2. The molecule has 3 heteroatoms. The van der Waals surface area contributed by atoms with Crippen molar-refractivity contribution in [2.75, 3.05) is 18.0 Å². The van der Waals surface area contributed by atoms with E-state index in [1.165, 1.54) is 32.9 Å². The van der Waals surface area contributed by atoms with Crippen LogP contribution in [0.15, 0.2) is 84.9 Å². The predicted octanol–water partition coefficient (Wildman–Crippen LogP) is 2.19. The van der Waals surface area contributed by atoms with Gasteiger partial charge in [0.05, 0.1) is 0 Å². The number of halogens is 1. The van der Waals surface area contributed by atoms with Gasteiger partial charge < -0.3 is 12.4 Å². The number of hydrogen-bond donors (Lipinski definition) is 0. The fourth-order valence-corrected chi connectivity index (χ4v) is 3.78. The first-order valence-electron chi connectivity index (χ1n) is 8.74. The Morgan fingerprint density at radius 2 is 1.27 bits per heavy atom. The van der Waals surface area contributed by atoms with Crippen molar-refractivity contribution in [3.63, 3.8) is 0 Å². The monoisotopic (exact) mass is 358 g/mol. The summed E-state index contributed by atoms with van der Waals surface area (Å²) in [5.41, 5.74) is 2.56. The van der Waals surface area contributed by atoms with Crippen LogP contribution in [0, 0.1) is 0 Å². The number of benzene rings is 4. The van der Waals surface area contributed by atoms with Gasteiger partial charge in [-0.25, -0.2) is 9.48 Å². The van der Waals surface area contributed by atoms with E-state index in [4.69, 9.17) is 0 Å². The fourth-order valence-electron chi connectivity index (χ4n) is 3.78. The second kappa shape index (κ2) is 6.81. The lowest BCUT2D eigenvalue weighted by atomic mass is 10.1. The van der Waals surface area contributed by atoms with Gasteiger partial charge in [-0.05, 0) is 22.9 Å². The van der Waals surface area contributed by atoms with Gasteiger partial charge in [0.15, 0.2) is 0 Å². The van der Waals surface area contributed by atoms with Crippen LogP contribution in [0.3, 0.4) is 0 Å². The van der Waals surface area contributed by atoms with Crippen LogP contribution in [0.1, 0.15) is 0 Å². The van der Waals surface area contributed by atoms with Gasteiger partial charge in [-0.3, -0.25) is 0 Å². The van der Waals surface area contributed by atoms with E-state index in [2.05, 4.69) is 101 Å². The highest BCUT2D eigenvalue weighted by Gasteiger charge is 2.24. The fraction of sp³-hybridized carbons (Fsp3) is 0.0870. The van der Waals surface area contributed by atoms with E-state index < -0.39 is 0 Å². The molecule has 4 aromatic carbocycles. The Morgan fingerprint density at radius 1 is 0.654 bits per heavy atom. The minimum atomic E-state index is 0. The highest BCUT2D eigenvalue weighted by Crippen LogP contribution is 2.30. The van der Waals surface area contributed by atoms with Crippen molar-refractivity contribution < 1.29 is 17.0 Å². The van der Waals surface area contributed by atoms with Crippen LogP contribution in [0.25, 0.3) is 21.5 Å². The molecule has 0 aromatic heterocycles. The predicted molar refractivity (Wildman–Crippen MR) is 106 cm³/mol. The summed E-state index contributed by atoms with van der Waals surface area (Å²) in [5, 5.41) is 5.19. The van der Waals surface area contributed by atoms with Gasteiger partial charge in [-0.1, -0.05) is 72.8 Å². The van der Waals surface area contributed by atoms with Crippen molar-refractivity contribution in [2.45, 2.75) is 0 Å². The second-order valence-electron chi connectivity index (χ2n) is 6.50. The minimum absolute atomic E-state index is 0. The summed E-state index contributed by atoms with van der Waals surface area (Å²) in [4.78, 5) is 2.37. The average molecular weight is 359 g/mol. The van der Waals surface area contributed by atoms with E-state index in [9.17, 15) is 0 Å². The molecule has 5 rings (SSSR count). The summed E-state index contributed by atoms with van der Waals surface area (Å²) >= 11 is 0. The normalized spacial score (nSPS) is 13.7. The molecule has 1 aliphatic rings. The smallest absolute Gasteiger partial charge is 0.244 e. The Balaban J connectivity index is 0.00000168. The minimum Gasteiger partial charge on any atom is -1.00 e. The largest absolute Gasteiger partial charge is 1.00 e. The highest BCUT2D eigenvalue weighted by molar-refractivity contribution is 5.99. The lowest BCUT2D eigenvalue weighted by Crippen LogP contribution is -3.00. The Morgan fingerprint density at radius 3 is 2.08 bits per heavy atom. The SMILES string of the molecule is C1=[N+](c2cccc3ccccc23)CCN1c1cccc2ccccc12.[Cl-]. The Kier molecular flexibility index (Phi) is 4.36. The molecule has 1 aliphatic heterocycles. The van der Waals surface area contributed by atoms with Crippen LogP contribution < -0.4 is 17.3 Å². The molecule has 0 saturated carbocycles. The number of anilines is 1. The maximum atomic E-state index is 2.37. The molecular formula is C23H19ClN2. The van der Waals surface area contributed by atoms with E-state index in [1.807, 2.05) is 0 Å². The molecule has 0 spiro atoms. The first kappa shape index (κ1) is 16.6. The molecule has 128 valence electrons. The third kappa shape index (κ3) is 2.73. The maximum Gasteiger partial charge on any atom is 0.244 e. The molecule has 0 atom stereocenters. The van der Waals surface area contributed by atoms with Gasteiger partial charge in [-0.2, -0.15) is 0 Å². The van der Waals surface area contributed by atoms with Crippen LogP contribution in [0.4, 0.5) is 11.4 Å². The Hall–Kier alpha value is -2.84. The number of nitrogens with zero attached hydrogens (tertiary/aromatic N) is 2. The van der Waals surface area contributed by atoms with Crippen molar-refractivity contribution in [3.05, 3.63) is 84.9 Å². The standard InChI is InChI=1S/C23H19N2.ClH/c1-3-11-20-18(7-1)9-5-13-22(20)24-15-16-25(17-24)23-14-6-10-19-8-2-4-12-21(19)23;/h1-14,17H,15-16H2;1H/q+1;/p-1. The van der Waals surface area contributed by atoms with Gasteiger partial charge in [0, 0.05) is 10.8 Å². The van der Waals surface area contributed by atoms with E-state index >= 15 is 0 Å². The van der Waals surface area contributed by atoms with Crippen LogP contribution in [0.5, 0.6) is 0 Å². The zero-order chi connectivity index (χ0) is 16.6. The summed E-state index contributed by atoms with van der Waals surface area (Å²) < 4.78 is 2.37. The Bertz CT molecular complexity index is 1110. The lowest BCUT2D eigenvalue weighted by Gasteiger charge is -2.09. The molecule has 1 heterocycles. The molecule has 0 fully saturated rings. The maximum absolute atomic E-state index is 2.37. The molecule has 4 aromatic rings. The van der Waals surface area contributed by atoms with E-state index in [0.29, 0.717) is 0 Å². The summed E-state index contributed by atoms with van der Waals surface area (Å²) in [6.45, 7) is 1.99. The first-order valence-corrected chi connectivity index (χ1v) is 8.74. The van der Waals surface area contributed by atoms with E-state index in [0.717, 1.165) is 13.1 Å². The molecule has 0 aliphatic carbocycles. The van der Waals surface area contributed by atoms with Crippen molar-refractivity contribution in [1.29, 1.82) is 0 Å². The average Bonchev–Trinajstić information content (AvgIpc) is 3.17. The van der Waals surface area contributed by atoms with E-state index in [1.54, 1.807) is 0 Å². The quantitative estimate of drug-likeness (QED) is 0.498. The van der Waals surface area contributed by atoms with Crippen molar-refractivity contribution in [3.8, 4) is 0 Å². The number of rotatable bonds is 2. The molecule has 0 N–H and O–H groups in total. The third-order valence-electron chi connectivity index (χ3n) is 5.01. The van der Waals surface area contributed by atoms with Crippen molar-refractivity contribution >= 4 is 39.3 Å². The molecule has 0 unspecified atom stereocenters. The van der Waals surface area contributed by atoms with Crippen LogP contribution in [0.2, 0.25) is 0 Å². The van der Waals surface area contributed by atoms with Crippen LogP contribution >= 0.6 is 0 Å². The topological polar surface area (TPSA) is 6.25 Å². The van der Waals surface area contributed by atoms with Crippen molar-refractivity contribution in [2.24, 2.45) is 0 Å². The van der Waals surface area contributed by atoms with Crippen molar-refractivity contribution in [1.82, 2.24) is 0 Å². The Labute approximate surface area is 159 Å². The molecule has 0 bridgehead atoms.